The quantitative estimate of drug-likeness (QED) is 0.631. The molecule has 6 nitrogen and oxygen atoms in total. The van der Waals surface area contributed by atoms with Crippen LogP contribution in [0, 0.1) is 6.92 Å². The van der Waals surface area contributed by atoms with E-state index in [2.05, 4.69) is 51.4 Å². The summed E-state index contributed by atoms with van der Waals surface area (Å²) in [5.74, 6) is 1.23. The molecule has 0 bridgehead atoms. The van der Waals surface area contributed by atoms with Gasteiger partial charge >= 0.3 is 0 Å². The highest BCUT2D eigenvalue weighted by Crippen LogP contribution is 2.26. The molecule has 1 aliphatic heterocycles. The van der Waals surface area contributed by atoms with Gasteiger partial charge in [0.25, 0.3) is 0 Å². The molecule has 7 heteroatoms. The third-order valence-corrected chi connectivity index (χ3v) is 6.29. The topological polar surface area (TPSA) is 61.6 Å². The van der Waals surface area contributed by atoms with Crippen molar-refractivity contribution in [2.24, 2.45) is 0 Å². The average molecular weight is 425 g/mol. The summed E-state index contributed by atoms with van der Waals surface area (Å²) >= 11 is 1.58. The first-order chi connectivity index (χ1) is 14.6. The second kappa shape index (κ2) is 9.55. The summed E-state index contributed by atoms with van der Waals surface area (Å²) in [6.45, 7) is 7.76. The summed E-state index contributed by atoms with van der Waals surface area (Å²) in [4.78, 5) is 22.8. The van der Waals surface area contributed by atoms with Crippen LogP contribution in [0.4, 0.5) is 0 Å². The number of likely N-dealkylation sites (N-methyl/N-ethyl adjacent to an activating group) is 1. The summed E-state index contributed by atoms with van der Waals surface area (Å²) in [6.07, 6.45) is 0.224. The SMILES string of the molecule is Cc1oc(-c2cccs2)nc1CC(=O)NCc1cccc(CN2CCN(C)CC2)c1. The molecule has 2 aromatic heterocycles. The van der Waals surface area contributed by atoms with Gasteiger partial charge in [0.2, 0.25) is 11.8 Å². The van der Waals surface area contributed by atoms with Crippen LogP contribution in [-0.4, -0.2) is 53.9 Å². The number of aryl methyl sites for hydroxylation is 1. The fourth-order valence-corrected chi connectivity index (χ4v) is 4.26. The van der Waals surface area contributed by atoms with Gasteiger partial charge in [-0.2, -0.15) is 0 Å². The number of oxazole rings is 1. The Morgan fingerprint density at radius 2 is 1.97 bits per heavy atom. The van der Waals surface area contributed by atoms with E-state index in [1.807, 2.05) is 24.4 Å². The molecule has 30 heavy (non-hydrogen) atoms. The third kappa shape index (κ3) is 5.36. The molecule has 0 unspecified atom stereocenters. The number of piperazine rings is 1. The van der Waals surface area contributed by atoms with Gasteiger partial charge in [0.1, 0.15) is 5.76 Å². The first-order valence-corrected chi connectivity index (χ1v) is 11.2. The van der Waals surface area contributed by atoms with E-state index in [0.717, 1.165) is 43.2 Å². The Morgan fingerprint density at radius 1 is 1.17 bits per heavy atom. The van der Waals surface area contributed by atoms with E-state index < -0.39 is 0 Å². The lowest BCUT2D eigenvalue weighted by Gasteiger charge is -2.32. The van der Waals surface area contributed by atoms with Crippen molar-refractivity contribution in [3.05, 3.63) is 64.4 Å². The Morgan fingerprint density at radius 3 is 2.73 bits per heavy atom. The van der Waals surface area contributed by atoms with Crippen molar-refractivity contribution in [1.82, 2.24) is 20.1 Å². The highest BCUT2D eigenvalue weighted by molar-refractivity contribution is 7.13. The van der Waals surface area contributed by atoms with Gasteiger partial charge in [-0.1, -0.05) is 30.3 Å². The van der Waals surface area contributed by atoms with Crippen LogP contribution in [-0.2, 0) is 24.3 Å². The van der Waals surface area contributed by atoms with Crippen molar-refractivity contribution >= 4 is 17.2 Å². The number of carbonyl (C=O) groups excluding carboxylic acids is 1. The molecule has 3 heterocycles. The molecule has 0 radical (unpaired) electrons. The monoisotopic (exact) mass is 424 g/mol. The Hall–Kier alpha value is -2.48. The predicted molar refractivity (Wildman–Crippen MR) is 119 cm³/mol. The zero-order chi connectivity index (χ0) is 20.9. The summed E-state index contributed by atoms with van der Waals surface area (Å²) < 4.78 is 5.73. The number of nitrogens with one attached hydrogen (secondary N) is 1. The molecule has 1 aromatic carbocycles. The molecule has 0 atom stereocenters. The van der Waals surface area contributed by atoms with E-state index in [0.29, 0.717) is 23.9 Å². The van der Waals surface area contributed by atoms with Crippen molar-refractivity contribution in [3.8, 4) is 10.8 Å². The van der Waals surface area contributed by atoms with Crippen LogP contribution in [0.15, 0.2) is 46.2 Å². The zero-order valence-electron chi connectivity index (χ0n) is 17.6. The van der Waals surface area contributed by atoms with Crippen LogP contribution in [0.25, 0.3) is 10.8 Å². The zero-order valence-corrected chi connectivity index (χ0v) is 18.4. The Kier molecular flexibility index (Phi) is 6.62. The third-order valence-electron chi connectivity index (χ3n) is 5.44. The van der Waals surface area contributed by atoms with Gasteiger partial charge in [0.05, 0.1) is 17.0 Å². The molecule has 0 aliphatic carbocycles. The fourth-order valence-electron chi connectivity index (χ4n) is 3.62. The molecule has 158 valence electrons. The molecule has 1 N–H and O–H groups in total. The standard InChI is InChI=1S/C23H28N4O2S/c1-17-20(25-23(29-17)21-7-4-12-30-21)14-22(28)24-15-18-5-3-6-19(13-18)16-27-10-8-26(2)9-11-27/h3-7,12-13H,8-11,14-16H2,1-2H3,(H,24,28). The molecule has 1 aliphatic rings. The second-order valence-corrected chi connectivity index (χ2v) is 8.80. The minimum absolute atomic E-state index is 0.0476. The number of carbonyl (C=O) groups is 1. The van der Waals surface area contributed by atoms with Crippen molar-refractivity contribution in [1.29, 1.82) is 0 Å². The van der Waals surface area contributed by atoms with Crippen molar-refractivity contribution in [3.63, 3.8) is 0 Å². The molecule has 3 aromatic rings. The van der Waals surface area contributed by atoms with E-state index in [4.69, 9.17) is 4.42 Å². The molecular weight excluding hydrogens is 396 g/mol. The fraction of sp³-hybridized carbons (Fsp3) is 0.391. The number of hydrogen-bond donors (Lipinski definition) is 1. The lowest BCUT2D eigenvalue weighted by molar-refractivity contribution is -0.120. The summed E-state index contributed by atoms with van der Waals surface area (Å²) in [6, 6.07) is 12.4. The molecule has 1 amide bonds. The van der Waals surface area contributed by atoms with E-state index in [-0.39, 0.29) is 12.3 Å². The Labute approximate surface area is 181 Å². The van der Waals surface area contributed by atoms with Crippen LogP contribution in [0.3, 0.4) is 0 Å². The van der Waals surface area contributed by atoms with Crippen molar-refractivity contribution in [2.75, 3.05) is 33.2 Å². The number of aromatic nitrogens is 1. The molecule has 1 fully saturated rings. The number of benzene rings is 1. The lowest BCUT2D eigenvalue weighted by Crippen LogP contribution is -2.43. The molecule has 4 rings (SSSR count). The normalized spacial score (nSPS) is 15.4. The minimum Gasteiger partial charge on any atom is -0.440 e. The van der Waals surface area contributed by atoms with Crippen LogP contribution in [0.1, 0.15) is 22.6 Å². The maximum Gasteiger partial charge on any atom is 0.236 e. The predicted octanol–water partition coefficient (Wildman–Crippen LogP) is 3.32. The van der Waals surface area contributed by atoms with Gasteiger partial charge < -0.3 is 14.6 Å². The smallest absolute Gasteiger partial charge is 0.236 e. The van der Waals surface area contributed by atoms with Gasteiger partial charge in [0.15, 0.2) is 0 Å². The first-order valence-electron chi connectivity index (χ1n) is 10.3. The van der Waals surface area contributed by atoms with Crippen LogP contribution >= 0.6 is 11.3 Å². The number of hydrogen-bond acceptors (Lipinski definition) is 6. The molecule has 0 saturated carbocycles. The van der Waals surface area contributed by atoms with Crippen molar-refractivity contribution < 1.29 is 9.21 Å². The molecule has 1 saturated heterocycles. The Balaban J connectivity index is 1.30. The average Bonchev–Trinajstić information content (AvgIpc) is 3.39. The first kappa shape index (κ1) is 20.8. The van der Waals surface area contributed by atoms with E-state index in [9.17, 15) is 4.79 Å². The van der Waals surface area contributed by atoms with Gasteiger partial charge in [-0.05, 0) is 36.5 Å². The summed E-state index contributed by atoms with van der Waals surface area (Å²) in [5, 5.41) is 5.00. The molecule has 0 spiro atoms. The Bertz CT molecular complexity index is 975. The number of nitrogens with zero attached hydrogens (tertiary/aromatic N) is 3. The summed E-state index contributed by atoms with van der Waals surface area (Å²) in [5.41, 5.74) is 3.10. The minimum atomic E-state index is -0.0476. The van der Waals surface area contributed by atoms with E-state index in [1.165, 1.54) is 5.56 Å². The summed E-state index contributed by atoms with van der Waals surface area (Å²) in [7, 11) is 2.17. The lowest BCUT2D eigenvalue weighted by atomic mass is 10.1. The number of thiophene rings is 1. The maximum absolute atomic E-state index is 12.5. The van der Waals surface area contributed by atoms with E-state index in [1.54, 1.807) is 11.3 Å². The van der Waals surface area contributed by atoms with Gasteiger partial charge in [-0.15, -0.1) is 11.3 Å². The van der Waals surface area contributed by atoms with Gasteiger partial charge in [-0.25, -0.2) is 4.98 Å². The largest absolute Gasteiger partial charge is 0.440 e. The van der Waals surface area contributed by atoms with Gasteiger partial charge in [0, 0.05) is 39.3 Å². The maximum atomic E-state index is 12.5. The van der Waals surface area contributed by atoms with Crippen LogP contribution in [0.2, 0.25) is 0 Å². The molecular formula is C23H28N4O2S. The second-order valence-electron chi connectivity index (χ2n) is 7.85. The van der Waals surface area contributed by atoms with Crippen molar-refractivity contribution in [2.45, 2.75) is 26.4 Å². The van der Waals surface area contributed by atoms with E-state index >= 15 is 0 Å². The number of rotatable bonds is 7. The van der Waals surface area contributed by atoms with Crippen LogP contribution < -0.4 is 5.32 Å². The van der Waals surface area contributed by atoms with Crippen LogP contribution in [0.5, 0.6) is 0 Å². The highest BCUT2D eigenvalue weighted by atomic mass is 32.1. The highest BCUT2D eigenvalue weighted by Gasteiger charge is 2.16. The number of amides is 1. The van der Waals surface area contributed by atoms with Gasteiger partial charge in [-0.3, -0.25) is 9.69 Å².